The van der Waals surface area contributed by atoms with Gasteiger partial charge >= 0.3 is 0 Å². The van der Waals surface area contributed by atoms with Crippen molar-refractivity contribution in [3.05, 3.63) is 11.6 Å². The normalized spacial score (nSPS) is 40.4. The van der Waals surface area contributed by atoms with Gasteiger partial charge in [0.2, 0.25) is 11.8 Å². The molecule has 0 spiro atoms. The van der Waals surface area contributed by atoms with E-state index in [1.54, 1.807) is 6.92 Å². The fourth-order valence-electron chi connectivity index (χ4n) is 4.50. The van der Waals surface area contributed by atoms with E-state index >= 15 is 0 Å². The Morgan fingerprint density at radius 3 is 2.85 bits per heavy atom. The Morgan fingerprint density at radius 2 is 2.15 bits per heavy atom. The summed E-state index contributed by atoms with van der Waals surface area (Å²) in [6, 6.07) is -1.17. The first-order chi connectivity index (χ1) is 12.8. The van der Waals surface area contributed by atoms with E-state index < -0.39 is 30.5 Å². The van der Waals surface area contributed by atoms with Gasteiger partial charge in [-0.3, -0.25) is 9.59 Å². The second-order valence-electron chi connectivity index (χ2n) is 8.17. The zero-order chi connectivity index (χ0) is 19.7. The molecule has 3 rings (SSSR count). The van der Waals surface area contributed by atoms with Gasteiger partial charge < -0.3 is 21.1 Å². The Morgan fingerprint density at radius 1 is 1.41 bits per heavy atom. The molecular formula is C19H29F2N3O3. The number of nitrogens with one attached hydrogen (secondary N) is 3. The van der Waals surface area contributed by atoms with Crippen LogP contribution in [0, 0.1) is 11.8 Å². The molecule has 2 heterocycles. The number of hydrogen-bond donors (Lipinski definition) is 4. The lowest BCUT2D eigenvalue weighted by Crippen LogP contribution is -2.58. The van der Waals surface area contributed by atoms with Crippen molar-refractivity contribution in [2.24, 2.45) is 11.8 Å². The topological polar surface area (TPSA) is 90.5 Å². The average Bonchev–Trinajstić information content (AvgIpc) is 2.59. The van der Waals surface area contributed by atoms with Gasteiger partial charge in [0.1, 0.15) is 12.3 Å². The third kappa shape index (κ3) is 4.48. The van der Waals surface area contributed by atoms with Gasteiger partial charge in [0.15, 0.2) is 0 Å². The minimum absolute atomic E-state index is 0.00314. The summed E-state index contributed by atoms with van der Waals surface area (Å²) in [5, 5.41) is 18.5. The molecule has 4 N–H and O–H groups in total. The number of carbonyl (C=O) groups is 2. The molecule has 7 unspecified atom stereocenters. The van der Waals surface area contributed by atoms with Crippen LogP contribution < -0.4 is 16.0 Å². The highest BCUT2D eigenvalue weighted by molar-refractivity contribution is 5.99. The molecule has 2 fully saturated rings. The molecule has 6 nitrogen and oxygen atoms in total. The zero-order valence-corrected chi connectivity index (χ0v) is 15.8. The molecule has 8 heteroatoms. The summed E-state index contributed by atoms with van der Waals surface area (Å²) in [4.78, 5) is 24.7. The predicted molar refractivity (Wildman–Crippen MR) is 96.3 cm³/mol. The van der Waals surface area contributed by atoms with E-state index in [4.69, 9.17) is 0 Å². The average molecular weight is 385 g/mol. The molecule has 2 aliphatic heterocycles. The maximum absolute atomic E-state index is 14.0. The first-order valence-electron chi connectivity index (χ1n) is 9.76. The number of carbonyl (C=O) groups excluding carboxylic acids is 2. The van der Waals surface area contributed by atoms with Crippen LogP contribution in [0.4, 0.5) is 8.78 Å². The van der Waals surface area contributed by atoms with Crippen molar-refractivity contribution in [3.63, 3.8) is 0 Å². The van der Waals surface area contributed by atoms with Crippen LogP contribution in [0.1, 0.15) is 39.5 Å². The fourth-order valence-corrected chi connectivity index (χ4v) is 4.50. The molecule has 0 aromatic heterocycles. The minimum atomic E-state index is -1.37. The molecule has 152 valence electrons. The zero-order valence-electron chi connectivity index (χ0n) is 15.8. The van der Waals surface area contributed by atoms with Crippen LogP contribution in [0.3, 0.4) is 0 Å². The van der Waals surface area contributed by atoms with Crippen LogP contribution in [-0.2, 0) is 9.59 Å². The summed E-state index contributed by atoms with van der Waals surface area (Å²) >= 11 is 0. The van der Waals surface area contributed by atoms with E-state index in [9.17, 15) is 23.5 Å². The molecule has 27 heavy (non-hydrogen) atoms. The molecule has 0 bridgehead atoms. The van der Waals surface area contributed by atoms with Crippen LogP contribution in [0.15, 0.2) is 11.6 Å². The molecule has 0 aromatic rings. The summed E-state index contributed by atoms with van der Waals surface area (Å²) in [6.07, 6.45) is -0.0798. The maximum Gasteiger partial charge on any atom is 0.247 e. The van der Waals surface area contributed by atoms with Gasteiger partial charge in [-0.2, -0.15) is 0 Å². The van der Waals surface area contributed by atoms with Gasteiger partial charge in [-0.1, -0.05) is 13.0 Å². The summed E-state index contributed by atoms with van der Waals surface area (Å²) in [6.45, 7) is 3.69. The summed E-state index contributed by atoms with van der Waals surface area (Å²) in [5.74, 6) is -0.623. The van der Waals surface area contributed by atoms with Crippen LogP contribution >= 0.6 is 0 Å². The van der Waals surface area contributed by atoms with Gasteiger partial charge in [0, 0.05) is 36.5 Å². The highest BCUT2D eigenvalue weighted by atomic mass is 19.1. The number of hydrogen-bond acceptors (Lipinski definition) is 4. The molecular weight excluding hydrogens is 356 g/mol. The lowest BCUT2D eigenvalue weighted by Gasteiger charge is -2.41. The van der Waals surface area contributed by atoms with E-state index in [2.05, 4.69) is 16.0 Å². The monoisotopic (exact) mass is 385 g/mol. The Labute approximate surface area is 158 Å². The third-order valence-electron chi connectivity index (χ3n) is 6.18. The van der Waals surface area contributed by atoms with Gasteiger partial charge in [-0.25, -0.2) is 8.78 Å². The number of aliphatic hydroxyl groups excluding tert-OH is 1. The van der Waals surface area contributed by atoms with E-state index in [0.717, 1.165) is 6.42 Å². The molecule has 2 amide bonds. The number of amides is 2. The minimum Gasteiger partial charge on any atom is -0.393 e. The van der Waals surface area contributed by atoms with E-state index in [0.29, 0.717) is 12.0 Å². The number of aliphatic hydroxyl groups is 1. The first-order valence-corrected chi connectivity index (χ1v) is 9.76. The Balaban J connectivity index is 1.59. The smallest absolute Gasteiger partial charge is 0.247 e. The summed E-state index contributed by atoms with van der Waals surface area (Å²) < 4.78 is 27.3. The molecule has 0 aromatic carbocycles. The third-order valence-corrected chi connectivity index (χ3v) is 6.18. The second kappa shape index (κ2) is 8.22. The fraction of sp³-hybridized carbons (Fsp3) is 0.789. The van der Waals surface area contributed by atoms with Crippen LogP contribution in [0.25, 0.3) is 0 Å². The second-order valence-corrected chi connectivity index (χ2v) is 8.17. The highest BCUT2D eigenvalue weighted by Crippen LogP contribution is 2.35. The maximum atomic E-state index is 14.0. The standard InChI is InChI=1S/C19H29F2N3O3/c1-9-13-5-11(19(27)24-15(13)3-4-16(9)25)6-17(26)23-10(2)18-14(21)7-12(20)8-22-18/h5,9-10,12-16,18,22,25H,3-4,6-8H2,1-2H3,(H,23,26)(H,24,27)/t9?,10-,12?,13?,14?,15?,16?,18?/m1/s1. The Kier molecular flexibility index (Phi) is 6.15. The van der Waals surface area contributed by atoms with Crippen molar-refractivity contribution < 1.29 is 23.5 Å². The molecule has 3 aliphatic rings. The molecule has 1 saturated heterocycles. The number of fused-ring (bicyclic) bond motifs is 1. The summed E-state index contributed by atoms with van der Waals surface area (Å²) in [5.41, 5.74) is 0.374. The van der Waals surface area contributed by atoms with Crippen molar-refractivity contribution >= 4 is 11.8 Å². The lowest BCUT2D eigenvalue weighted by atomic mass is 9.72. The van der Waals surface area contributed by atoms with Gasteiger partial charge in [-0.05, 0) is 25.7 Å². The van der Waals surface area contributed by atoms with Gasteiger partial charge in [-0.15, -0.1) is 0 Å². The Hall–Kier alpha value is -1.54. The van der Waals surface area contributed by atoms with Crippen molar-refractivity contribution in [1.82, 2.24) is 16.0 Å². The first kappa shape index (κ1) is 20.2. The number of piperidine rings is 1. The number of alkyl halides is 2. The van der Waals surface area contributed by atoms with Gasteiger partial charge in [0.05, 0.1) is 18.6 Å². The van der Waals surface area contributed by atoms with E-state index in [1.165, 1.54) is 0 Å². The molecule has 0 radical (unpaired) electrons. The summed E-state index contributed by atoms with van der Waals surface area (Å²) in [7, 11) is 0. The quantitative estimate of drug-likeness (QED) is 0.575. The lowest BCUT2D eigenvalue weighted by molar-refractivity contribution is -0.125. The molecule has 1 aliphatic carbocycles. The van der Waals surface area contributed by atoms with Crippen LogP contribution in [0.5, 0.6) is 0 Å². The molecule has 8 atom stereocenters. The predicted octanol–water partition coefficient (Wildman–Crippen LogP) is 0.751. The Bertz CT molecular complexity index is 615. The van der Waals surface area contributed by atoms with Crippen LogP contribution in [-0.4, -0.2) is 60.0 Å². The largest absolute Gasteiger partial charge is 0.393 e. The molecule has 1 saturated carbocycles. The number of rotatable bonds is 4. The van der Waals surface area contributed by atoms with Crippen molar-refractivity contribution in [1.29, 1.82) is 0 Å². The highest BCUT2D eigenvalue weighted by Gasteiger charge is 2.39. The van der Waals surface area contributed by atoms with Crippen molar-refractivity contribution in [2.45, 2.75) is 76.1 Å². The van der Waals surface area contributed by atoms with E-state index in [-0.39, 0.29) is 49.1 Å². The van der Waals surface area contributed by atoms with Crippen molar-refractivity contribution in [2.75, 3.05) is 6.54 Å². The number of halogens is 2. The van der Waals surface area contributed by atoms with Gasteiger partial charge in [0.25, 0.3) is 0 Å². The van der Waals surface area contributed by atoms with Crippen molar-refractivity contribution in [3.8, 4) is 0 Å². The van der Waals surface area contributed by atoms with Crippen LogP contribution in [0.2, 0.25) is 0 Å². The SMILES string of the molecule is CC1C(O)CCC2NC(=O)C(CC(=O)N[C@H](C)C3NCC(F)CC3F)=CC21. The van der Waals surface area contributed by atoms with E-state index in [1.807, 2.05) is 13.0 Å².